The summed E-state index contributed by atoms with van der Waals surface area (Å²) in [5.74, 6) is 5.68. The Balaban J connectivity index is 2.87. The van der Waals surface area contributed by atoms with E-state index in [2.05, 4.69) is 37.6 Å². The van der Waals surface area contributed by atoms with Crippen LogP contribution in [-0.2, 0) is 0 Å². The molecule has 0 aliphatic rings. The van der Waals surface area contributed by atoms with Gasteiger partial charge in [0.2, 0.25) is 0 Å². The van der Waals surface area contributed by atoms with Gasteiger partial charge >= 0.3 is 0 Å². The average Bonchev–Trinajstić information content (AvgIpc) is 2.53. The second-order valence-corrected chi connectivity index (χ2v) is 5.05. The molecule has 0 radical (unpaired) electrons. The molecule has 114 valence electrons. The third kappa shape index (κ3) is 5.20. The smallest absolute Gasteiger partial charge is 0.272 e. The highest BCUT2D eigenvalue weighted by atomic mass is 16.2. The Labute approximate surface area is 127 Å². The van der Waals surface area contributed by atoms with E-state index in [-0.39, 0.29) is 11.9 Å². The topological polar surface area (TPSA) is 59.2 Å². The molecule has 1 heterocycles. The first-order chi connectivity index (χ1) is 10.1. The molecule has 1 amide bonds. The van der Waals surface area contributed by atoms with Crippen LogP contribution in [0.4, 0.5) is 0 Å². The lowest BCUT2D eigenvalue weighted by molar-refractivity contribution is 0.0679. The van der Waals surface area contributed by atoms with E-state index in [0.717, 1.165) is 31.4 Å². The molecule has 1 atom stereocenters. The molecule has 1 aromatic heterocycles. The van der Waals surface area contributed by atoms with E-state index in [1.807, 2.05) is 11.0 Å². The Kier molecular flexibility index (Phi) is 7.49. The van der Waals surface area contributed by atoms with Crippen molar-refractivity contribution in [3.63, 3.8) is 0 Å². The van der Waals surface area contributed by atoms with Gasteiger partial charge < -0.3 is 10.6 Å². The normalized spacial score (nSPS) is 11.4. The lowest BCUT2D eigenvalue weighted by atomic mass is 10.1. The summed E-state index contributed by atoms with van der Waals surface area (Å²) in [6.45, 7) is 7.40. The van der Waals surface area contributed by atoms with Crippen LogP contribution in [-0.4, -0.2) is 34.9 Å². The van der Waals surface area contributed by atoms with Gasteiger partial charge in [0.15, 0.2) is 0 Å². The molecule has 21 heavy (non-hydrogen) atoms. The summed E-state index contributed by atoms with van der Waals surface area (Å²) >= 11 is 0. The second-order valence-electron chi connectivity index (χ2n) is 5.05. The van der Waals surface area contributed by atoms with Crippen molar-refractivity contribution < 1.29 is 4.79 Å². The fraction of sp³-hybridized carbons (Fsp3) is 0.529. The molecular weight excluding hydrogens is 262 g/mol. The maximum absolute atomic E-state index is 12.6. The van der Waals surface area contributed by atoms with Crippen LogP contribution >= 0.6 is 0 Å². The van der Waals surface area contributed by atoms with Crippen molar-refractivity contribution in [1.29, 1.82) is 0 Å². The molecule has 0 saturated carbocycles. The van der Waals surface area contributed by atoms with Crippen LogP contribution in [0.3, 0.4) is 0 Å². The number of carbonyl (C=O) groups excluding carboxylic acids is 1. The van der Waals surface area contributed by atoms with Crippen LogP contribution in [0, 0.1) is 11.8 Å². The summed E-state index contributed by atoms with van der Waals surface area (Å²) in [6, 6.07) is 3.78. The summed E-state index contributed by atoms with van der Waals surface area (Å²) < 4.78 is 0. The molecule has 0 aliphatic heterocycles. The number of amides is 1. The highest BCUT2D eigenvalue weighted by molar-refractivity contribution is 5.92. The van der Waals surface area contributed by atoms with Gasteiger partial charge in [0.25, 0.3) is 5.91 Å². The van der Waals surface area contributed by atoms with Gasteiger partial charge in [-0.3, -0.25) is 4.79 Å². The highest BCUT2D eigenvalue weighted by Crippen LogP contribution is 2.11. The van der Waals surface area contributed by atoms with Crippen molar-refractivity contribution in [2.45, 2.75) is 46.1 Å². The third-order valence-corrected chi connectivity index (χ3v) is 3.45. The number of nitrogens with zero attached hydrogens (tertiary/aromatic N) is 2. The molecular formula is C17H25N3O. The molecule has 0 bridgehead atoms. The molecule has 4 heteroatoms. The van der Waals surface area contributed by atoms with Gasteiger partial charge in [0, 0.05) is 24.3 Å². The number of nitrogens with two attached hydrogens (primary N) is 1. The molecule has 0 fully saturated rings. The number of unbranched alkanes of at least 4 members (excludes halogenated alkanes) is 1. The Hall–Kier alpha value is -1.86. The molecule has 0 saturated heterocycles. The van der Waals surface area contributed by atoms with Crippen LogP contribution in [0.5, 0.6) is 0 Å². The van der Waals surface area contributed by atoms with Gasteiger partial charge in [-0.1, -0.05) is 32.1 Å². The molecule has 0 spiro atoms. The Morgan fingerprint density at radius 3 is 2.71 bits per heavy atom. The van der Waals surface area contributed by atoms with Crippen molar-refractivity contribution >= 4 is 5.91 Å². The van der Waals surface area contributed by atoms with Gasteiger partial charge in [-0.05, 0) is 31.9 Å². The number of hydrogen-bond donors (Lipinski definition) is 1. The largest absolute Gasteiger partial charge is 0.335 e. The van der Waals surface area contributed by atoms with Gasteiger partial charge in [-0.15, -0.1) is 0 Å². The standard InChI is InChI=1S/C17H25N3O/c1-4-6-12-20(14(3)5-2)17(21)16-10-9-15(13-19-16)8-7-11-18/h9-10,13-14H,4-6,11-12,18H2,1-3H3. The molecule has 4 nitrogen and oxygen atoms in total. The van der Waals surface area contributed by atoms with Crippen LogP contribution in [0.25, 0.3) is 0 Å². The zero-order valence-corrected chi connectivity index (χ0v) is 13.2. The number of hydrogen-bond acceptors (Lipinski definition) is 3. The van der Waals surface area contributed by atoms with Crippen LogP contribution < -0.4 is 5.73 Å². The van der Waals surface area contributed by atoms with Gasteiger partial charge in [0.05, 0.1) is 6.54 Å². The summed E-state index contributed by atoms with van der Waals surface area (Å²) in [4.78, 5) is 18.7. The quantitative estimate of drug-likeness (QED) is 0.818. The first kappa shape index (κ1) is 17.2. The minimum Gasteiger partial charge on any atom is -0.335 e. The Bertz CT molecular complexity index is 499. The summed E-state index contributed by atoms with van der Waals surface area (Å²) in [5.41, 5.74) is 6.59. The zero-order chi connectivity index (χ0) is 15.7. The lowest BCUT2D eigenvalue weighted by Gasteiger charge is -2.28. The molecule has 1 unspecified atom stereocenters. The van der Waals surface area contributed by atoms with Crippen molar-refractivity contribution in [3.05, 3.63) is 29.6 Å². The van der Waals surface area contributed by atoms with E-state index in [4.69, 9.17) is 5.73 Å². The maximum Gasteiger partial charge on any atom is 0.272 e. The molecule has 0 aromatic carbocycles. The Morgan fingerprint density at radius 2 is 2.19 bits per heavy atom. The third-order valence-electron chi connectivity index (χ3n) is 3.45. The minimum atomic E-state index is -0.00358. The van der Waals surface area contributed by atoms with Crippen molar-refractivity contribution in [2.75, 3.05) is 13.1 Å². The van der Waals surface area contributed by atoms with Crippen molar-refractivity contribution in [2.24, 2.45) is 5.73 Å². The van der Waals surface area contributed by atoms with Crippen LogP contribution in [0.1, 0.15) is 56.1 Å². The van der Waals surface area contributed by atoms with E-state index >= 15 is 0 Å². The summed E-state index contributed by atoms with van der Waals surface area (Å²) in [5, 5.41) is 0. The van der Waals surface area contributed by atoms with Crippen molar-refractivity contribution in [3.8, 4) is 11.8 Å². The molecule has 0 aliphatic carbocycles. The van der Waals surface area contributed by atoms with E-state index in [1.165, 1.54) is 0 Å². The van der Waals surface area contributed by atoms with E-state index in [1.54, 1.807) is 12.3 Å². The molecule has 2 N–H and O–H groups in total. The zero-order valence-electron chi connectivity index (χ0n) is 13.2. The lowest BCUT2D eigenvalue weighted by Crippen LogP contribution is -2.39. The first-order valence-corrected chi connectivity index (χ1v) is 7.59. The summed E-state index contributed by atoms with van der Waals surface area (Å²) in [6.07, 6.45) is 4.65. The highest BCUT2D eigenvalue weighted by Gasteiger charge is 2.20. The number of rotatable bonds is 6. The monoisotopic (exact) mass is 287 g/mol. The van der Waals surface area contributed by atoms with Crippen LogP contribution in [0.15, 0.2) is 18.3 Å². The predicted molar refractivity (Wildman–Crippen MR) is 85.9 cm³/mol. The fourth-order valence-corrected chi connectivity index (χ4v) is 1.97. The molecule has 1 rings (SSSR count). The van der Waals surface area contributed by atoms with E-state index < -0.39 is 0 Å². The van der Waals surface area contributed by atoms with Gasteiger partial charge in [0.1, 0.15) is 5.69 Å². The van der Waals surface area contributed by atoms with Crippen LogP contribution in [0.2, 0.25) is 0 Å². The Morgan fingerprint density at radius 1 is 1.43 bits per heavy atom. The average molecular weight is 287 g/mol. The number of carbonyl (C=O) groups is 1. The van der Waals surface area contributed by atoms with Gasteiger partial charge in [-0.25, -0.2) is 4.98 Å². The summed E-state index contributed by atoms with van der Waals surface area (Å²) in [7, 11) is 0. The minimum absolute atomic E-state index is 0.00358. The fourth-order valence-electron chi connectivity index (χ4n) is 1.97. The van der Waals surface area contributed by atoms with E-state index in [0.29, 0.717) is 12.2 Å². The first-order valence-electron chi connectivity index (χ1n) is 7.59. The number of aromatic nitrogens is 1. The van der Waals surface area contributed by atoms with Gasteiger partial charge in [-0.2, -0.15) is 0 Å². The number of pyridine rings is 1. The molecule has 1 aromatic rings. The SMILES string of the molecule is CCCCN(C(=O)c1ccc(C#CCN)cn1)C(C)CC. The second kappa shape index (κ2) is 9.15. The maximum atomic E-state index is 12.6. The van der Waals surface area contributed by atoms with Crippen molar-refractivity contribution in [1.82, 2.24) is 9.88 Å². The van der Waals surface area contributed by atoms with E-state index in [9.17, 15) is 4.79 Å². The predicted octanol–water partition coefficient (Wildman–Crippen LogP) is 2.43.